The van der Waals surface area contributed by atoms with Gasteiger partial charge in [0.15, 0.2) is 0 Å². The molecule has 0 spiro atoms. The van der Waals surface area contributed by atoms with Gasteiger partial charge in [-0.25, -0.2) is 0 Å². The molecule has 1 heteroatoms. The quantitative estimate of drug-likeness (QED) is 0.332. The van der Waals surface area contributed by atoms with E-state index in [0.717, 1.165) is 11.2 Å². The summed E-state index contributed by atoms with van der Waals surface area (Å²) in [7, 11) is 0. The zero-order chi connectivity index (χ0) is 17.5. The molecule has 1 nitrogen and oxygen atoms in total. The van der Waals surface area contributed by atoms with Crippen LogP contribution in [0.25, 0.3) is 44.2 Å². The van der Waals surface area contributed by atoms with Gasteiger partial charge in [-0.3, -0.25) is 0 Å². The SMILES string of the molecule is Cc1cccc(-c2cc(-c3ccccc3)cc3oc4ccccc4c23)c1. The average Bonchev–Trinajstić information content (AvgIpc) is 3.06. The number of hydrogen-bond donors (Lipinski definition) is 0. The molecular formula is C25H18O. The highest BCUT2D eigenvalue weighted by atomic mass is 16.3. The molecule has 1 aromatic heterocycles. The fourth-order valence-corrected chi connectivity index (χ4v) is 3.69. The maximum Gasteiger partial charge on any atom is 0.136 e. The predicted octanol–water partition coefficient (Wildman–Crippen LogP) is 7.23. The van der Waals surface area contributed by atoms with Gasteiger partial charge in [0.25, 0.3) is 0 Å². The minimum absolute atomic E-state index is 0.932. The normalized spacial score (nSPS) is 11.3. The van der Waals surface area contributed by atoms with E-state index in [-0.39, 0.29) is 0 Å². The van der Waals surface area contributed by atoms with Crippen molar-refractivity contribution >= 4 is 21.9 Å². The highest BCUT2D eigenvalue weighted by Gasteiger charge is 2.14. The van der Waals surface area contributed by atoms with Gasteiger partial charge in [0.05, 0.1) is 0 Å². The van der Waals surface area contributed by atoms with E-state index in [9.17, 15) is 0 Å². The summed E-state index contributed by atoms with van der Waals surface area (Å²) in [6.45, 7) is 2.13. The molecule has 0 aliphatic heterocycles. The molecule has 0 fully saturated rings. The van der Waals surface area contributed by atoms with Crippen molar-refractivity contribution in [1.82, 2.24) is 0 Å². The summed E-state index contributed by atoms with van der Waals surface area (Å²) in [4.78, 5) is 0. The maximum atomic E-state index is 6.21. The second kappa shape index (κ2) is 5.89. The Morgan fingerprint density at radius 2 is 1.35 bits per heavy atom. The van der Waals surface area contributed by atoms with Gasteiger partial charge in [-0.05, 0) is 47.4 Å². The standard InChI is InChI=1S/C25H18O/c1-17-8-7-11-19(14-17)22-15-20(18-9-3-2-4-10-18)16-24-25(22)21-12-5-6-13-23(21)26-24/h2-16H,1H3. The van der Waals surface area contributed by atoms with Crippen molar-refractivity contribution in [2.45, 2.75) is 6.92 Å². The van der Waals surface area contributed by atoms with E-state index in [1.54, 1.807) is 0 Å². The van der Waals surface area contributed by atoms with Gasteiger partial charge in [0.2, 0.25) is 0 Å². The number of rotatable bonds is 2. The summed E-state index contributed by atoms with van der Waals surface area (Å²) in [6.07, 6.45) is 0. The predicted molar refractivity (Wildman–Crippen MR) is 109 cm³/mol. The fourth-order valence-electron chi connectivity index (χ4n) is 3.69. The van der Waals surface area contributed by atoms with Gasteiger partial charge in [0, 0.05) is 10.8 Å². The van der Waals surface area contributed by atoms with Gasteiger partial charge < -0.3 is 4.42 Å². The van der Waals surface area contributed by atoms with Crippen LogP contribution in [0.15, 0.2) is 95.4 Å². The Kier molecular flexibility index (Phi) is 3.39. The third-order valence-electron chi connectivity index (χ3n) is 4.91. The monoisotopic (exact) mass is 334 g/mol. The molecule has 26 heavy (non-hydrogen) atoms. The number of fused-ring (bicyclic) bond motifs is 3. The summed E-state index contributed by atoms with van der Waals surface area (Å²) in [5.41, 5.74) is 7.94. The Morgan fingerprint density at radius 1 is 0.577 bits per heavy atom. The van der Waals surface area contributed by atoms with Crippen molar-refractivity contribution in [1.29, 1.82) is 0 Å². The molecule has 0 aliphatic rings. The van der Waals surface area contributed by atoms with Crippen molar-refractivity contribution < 1.29 is 4.42 Å². The first-order chi connectivity index (χ1) is 12.8. The van der Waals surface area contributed by atoms with Crippen LogP contribution in [0.1, 0.15) is 5.56 Å². The number of furan rings is 1. The topological polar surface area (TPSA) is 13.1 Å². The van der Waals surface area contributed by atoms with Gasteiger partial charge in [-0.2, -0.15) is 0 Å². The van der Waals surface area contributed by atoms with E-state index in [1.807, 2.05) is 18.2 Å². The zero-order valence-corrected chi connectivity index (χ0v) is 14.6. The molecule has 0 atom stereocenters. The summed E-state index contributed by atoms with van der Waals surface area (Å²) in [6, 6.07) is 31.9. The molecule has 0 aliphatic carbocycles. The van der Waals surface area contributed by atoms with Crippen molar-refractivity contribution in [2.24, 2.45) is 0 Å². The largest absolute Gasteiger partial charge is 0.456 e. The van der Waals surface area contributed by atoms with Crippen molar-refractivity contribution in [3.05, 3.63) is 96.6 Å². The van der Waals surface area contributed by atoms with E-state index >= 15 is 0 Å². The summed E-state index contributed by atoms with van der Waals surface area (Å²) in [5.74, 6) is 0. The van der Waals surface area contributed by atoms with Crippen LogP contribution >= 0.6 is 0 Å². The van der Waals surface area contributed by atoms with Crippen LogP contribution in [-0.2, 0) is 0 Å². The summed E-state index contributed by atoms with van der Waals surface area (Å²) in [5, 5.41) is 2.35. The van der Waals surface area contributed by atoms with Gasteiger partial charge in [-0.1, -0.05) is 78.4 Å². The van der Waals surface area contributed by atoms with Crippen molar-refractivity contribution in [3.8, 4) is 22.3 Å². The molecule has 5 rings (SSSR count). The lowest BCUT2D eigenvalue weighted by Crippen LogP contribution is -1.84. The highest BCUT2D eigenvalue weighted by molar-refractivity contribution is 6.13. The third-order valence-corrected chi connectivity index (χ3v) is 4.91. The molecule has 0 saturated carbocycles. The molecule has 124 valence electrons. The van der Waals surface area contributed by atoms with Gasteiger partial charge >= 0.3 is 0 Å². The molecule has 0 radical (unpaired) electrons. The molecule has 4 aromatic carbocycles. The number of hydrogen-bond acceptors (Lipinski definition) is 1. The average molecular weight is 334 g/mol. The molecule has 5 aromatic rings. The Labute approximate surface area is 152 Å². The van der Waals surface area contributed by atoms with Gasteiger partial charge in [0.1, 0.15) is 11.2 Å². The van der Waals surface area contributed by atoms with E-state index in [1.165, 1.54) is 38.6 Å². The van der Waals surface area contributed by atoms with Crippen LogP contribution < -0.4 is 0 Å². The molecule has 0 N–H and O–H groups in total. The van der Waals surface area contributed by atoms with E-state index in [0.29, 0.717) is 0 Å². The first-order valence-electron chi connectivity index (χ1n) is 8.87. The van der Waals surface area contributed by atoms with Crippen molar-refractivity contribution in [3.63, 3.8) is 0 Å². The lowest BCUT2D eigenvalue weighted by Gasteiger charge is -2.09. The van der Waals surface area contributed by atoms with Crippen LogP contribution in [0.4, 0.5) is 0 Å². The Morgan fingerprint density at radius 3 is 2.19 bits per heavy atom. The number of para-hydroxylation sites is 1. The van der Waals surface area contributed by atoms with Crippen LogP contribution in [-0.4, -0.2) is 0 Å². The van der Waals surface area contributed by atoms with Gasteiger partial charge in [-0.15, -0.1) is 0 Å². The smallest absolute Gasteiger partial charge is 0.136 e. The lowest BCUT2D eigenvalue weighted by atomic mass is 9.94. The fraction of sp³-hybridized carbons (Fsp3) is 0.0400. The lowest BCUT2D eigenvalue weighted by molar-refractivity contribution is 0.669. The Hall–Kier alpha value is -3.32. The first-order valence-corrected chi connectivity index (χ1v) is 8.87. The van der Waals surface area contributed by atoms with E-state index in [2.05, 4.69) is 79.7 Å². The second-order valence-corrected chi connectivity index (χ2v) is 6.73. The van der Waals surface area contributed by atoms with Crippen molar-refractivity contribution in [2.75, 3.05) is 0 Å². The van der Waals surface area contributed by atoms with Crippen LogP contribution in [0.3, 0.4) is 0 Å². The van der Waals surface area contributed by atoms with Crippen LogP contribution in [0.5, 0.6) is 0 Å². The number of aryl methyl sites for hydroxylation is 1. The molecule has 0 unspecified atom stereocenters. The second-order valence-electron chi connectivity index (χ2n) is 6.73. The van der Waals surface area contributed by atoms with E-state index in [4.69, 9.17) is 4.42 Å². The van der Waals surface area contributed by atoms with E-state index < -0.39 is 0 Å². The number of benzene rings is 4. The summed E-state index contributed by atoms with van der Waals surface area (Å²) < 4.78 is 6.21. The summed E-state index contributed by atoms with van der Waals surface area (Å²) >= 11 is 0. The van der Waals surface area contributed by atoms with Crippen LogP contribution in [0, 0.1) is 6.92 Å². The van der Waals surface area contributed by atoms with Crippen LogP contribution in [0.2, 0.25) is 0 Å². The minimum Gasteiger partial charge on any atom is -0.456 e. The molecule has 0 amide bonds. The Bertz CT molecular complexity index is 1230. The first kappa shape index (κ1) is 15.0. The highest BCUT2D eigenvalue weighted by Crippen LogP contribution is 2.39. The third kappa shape index (κ3) is 2.41. The maximum absolute atomic E-state index is 6.21. The molecule has 0 saturated heterocycles. The zero-order valence-electron chi connectivity index (χ0n) is 14.6. The molecular weight excluding hydrogens is 316 g/mol. The molecule has 1 heterocycles. The minimum atomic E-state index is 0.932. The Balaban J connectivity index is 1.90. The molecule has 0 bridgehead atoms.